The van der Waals surface area contributed by atoms with E-state index >= 15 is 0 Å². The summed E-state index contributed by atoms with van der Waals surface area (Å²) < 4.78 is 0. The van der Waals surface area contributed by atoms with Crippen LogP contribution in [0.15, 0.2) is 164 Å². The SMILES string of the molecule is C[Si]1(C)c2ccccc2-c2ccc3c(c21)C1(c2cccc(-c4ccc(-c5nc(-c6ccccc6)nc(-c6cc7ccccc7c7ccccc67)n5)cc4)c2-3)C2CC3CC(C2)CC1C3. The van der Waals surface area contributed by atoms with Crippen molar-refractivity contribution in [2.24, 2.45) is 23.7 Å². The molecule has 1 aromatic heterocycles. The van der Waals surface area contributed by atoms with Crippen molar-refractivity contribution in [3.63, 3.8) is 0 Å². The van der Waals surface area contributed by atoms with Gasteiger partial charge in [0.15, 0.2) is 17.5 Å². The van der Waals surface area contributed by atoms with Gasteiger partial charge in [0, 0.05) is 22.1 Å². The molecule has 8 aromatic carbocycles. The number of rotatable bonds is 4. The minimum absolute atomic E-state index is 0.0910. The van der Waals surface area contributed by atoms with Crippen LogP contribution in [0.3, 0.4) is 0 Å². The molecular weight excluding hydrogens is 779 g/mol. The largest absolute Gasteiger partial charge is 0.208 e. The van der Waals surface area contributed by atoms with E-state index in [1.165, 1.54) is 81.6 Å². The molecule has 0 saturated heterocycles. The van der Waals surface area contributed by atoms with E-state index < -0.39 is 8.07 Å². The molecule has 15 rings (SSSR count). The maximum Gasteiger partial charge on any atom is 0.164 e. The fraction of sp³-hybridized carbons (Fsp3) is 0.203. The number of fused-ring (bicyclic) bond motifs is 10. The number of hydrogen-bond acceptors (Lipinski definition) is 3. The predicted molar refractivity (Wildman–Crippen MR) is 262 cm³/mol. The maximum absolute atomic E-state index is 5.29. The first kappa shape index (κ1) is 36.0. The third-order valence-electron chi connectivity index (χ3n) is 16.5. The zero-order valence-electron chi connectivity index (χ0n) is 35.8. The molecule has 1 aliphatic heterocycles. The van der Waals surface area contributed by atoms with Crippen molar-refractivity contribution in [1.82, 2.24) is 15.0 Å². The van der Waals surface area contributed by atoms with Gasteiger partial charge in [-0.3, -0.25) is 0 Å². The Kier molecular flexibility index (Phi) is 7.45. The van der Waals surface area contributed by atoms with Gasteiger partial charge in [0.05, 0.1) is 0 Å². The predicted octanol–water partition coefficient (Wildman–Crippen LogP) is 13.4. The van der Waals surface area contributed by atoms with Crippen molar-refractivity contribution < 1.29 is 0 Å². The summed E-state index contributed by atoms with van der Waals surface area (Å²) in [6.45, 7) is 5.28. The van der Waals surface area contributed by atoms with Crippen LogP contribution in [-0.2, 0) is 5.41 Å². The molecule has 5 aliphatic carbocycles. The molecule has 9 aromatic rings. The minimum atomic E-state index is -1.99. The van der Waals surface area contributed by atoms with Gasteiger partial charge in [0.1, 0.15) is 8.07 Å². The highest BCUT2D eigenvalue weighted by molar-refractivity contribution is 7.04. The first-order chi connectivity index (χ1) is 30.9. The standard InChI is InChI=1S/C59H47N3Si/c1-63(2)52-22-11-10-19-47(52)48-27-28-49-53-44(20-12-21-51(53)59(54(49)55(48)63)41-30-35-29-36(32-41)33-42(59)31-35)37-23-25-39(26-24-37)57-60-56(38-13-4-3-5-14-38)61-58(62-57)50-34-40-15-6-7-16-43(40)45-17-8-9-18-46(45)50/h3-28,34-36,41-42H,29-33H2,1-2H3. The van der Waals surface area contributed by atoms with Gasteiger partial charge in [-0.2, -0.15) is 0 Å². The second-order valence-electron chi connectivity index (χ2n) is 19.9. The molecule has 1 spiro atoms. The summed E-state index contributed by atoms with van der Waals surface area (Å²) in [7, 11) is -1.99. The van der Waals surface area contributed by atoms with Crippen LogP contribution < -0.4 is 10.4 Å². The van der Waals surface area contributed by atoms with Gasteiger partial charge in [0.2, 0.25) is 0 Å². The highest BCUT2D eigenvalue weighted by Gasteiger charge is 2.63. The van der Waals surface area contributed by atoms with Gasteiger partial charge >= 0.3 is 0 Å². The summed E-state index contributed by atoms with van der Waals surface area (Å²) in [5, 5.41) is 8.10. The molecule has 6 aliphatic rings. The lowest BCUT2D eigenvalue weighted by molar-refractivity contribution is -0.0395. The topological polar surface area (TPSA) is 38.7 Å². The van der Waals surface area contributed by atoms with Crippen LogP contribution in [0.1, 0.15) is 43.2 Å². The summed E-state index contributed by atoms with van der Waals surface area (Å²) in [4.78, 5) is 15.7. The monoisotopic (exact) mass is 825 g/mol. The Bertz CT molecular complexity index is 3360. The van der Waals surface area contributed by atoms with Crippen molar-refractivity contribution in [2.75, 3.05) is 0 Å². The Morgan fingerprint density at radius 2 is 1.03 bits per heavy atom. The van der Waals surface area contributed by atoms with Crippen LogP contribution in [0.5, 0.6) is 0 Å². The fourth-order valence-corrected chi connectivity index (χ4v) is 17.8. The maximum atomic E-state index is 5.29. The highest BCUT2D eigenvalue weighted by atomic mass is 28.3. The number of nitrogens with zero attached hydrogens (tertiary/aromatic N) is 3. The normalized spacial score (nSPS) is 23.0. The van der Waals surface area contributed by atoms with Crippen molar-refractivity contribution in [1.29, 1.82) is 0 Å². The summed E-state index contributed by atoms with van der Waals surface area (Å²) in [5.74, 6) is 5.27. The van der Waals surface area contributed by atoms with Gasteiger partial charge in [-0.25, -0.2) is 15.0 Å². The Morgan fingerprint density at radius 3 is 1.79 bits per heavy atom. The molecule has 2 heterocycles. The van der Waals surface area contributed by atoms with E-state index in [0.717, 1.165) is 33.9 Å². The van der Waals surface area contributed by atoms with E-state index in [1.54, 1.807) is 21.5 Å². The average molecular weight is 826 g/mol. The van der Waals surface area contributed by atoms with Gasteiger partial charge in [-0.05, 0) is 138 Å². The quantitative estimate of drug-likeness (QED) is 0.131. The summed E-state index contributed by atoms with van der Waals surface area (Å²) in [6.07, 6.45) is 7.01. The van der Waals surface area contributed by atoms with Crippen LogP contribution in [0, 0.1) is 23.7 Å². The van der Waals surface area contributed by atoms with Gasteiger partial charge in [0.25, 0.3) is 0 Å². The zero-order chi connectivity index (χ0) is 41.6. The van der Waals surface area contributed by atoms with Crippen molar-refractivity contribution in [3.8, 4) is 67.5 Å². The zero-order valence-corrected chi connectivity index (χ0v) is 36.8. The molecule has 4 bridgehead atoms. The van der Waals surface area contributed by atoms with Crippen LogP contribution >= 0.6 is 0 Å². The first-order valence-corrected chi connectivity index (χ1v) is 26.2. The Hall–Kier alpha value is -6.49. The summed E-state index contributed by atoms with van der Waals surface area (Å²) in [6, 6.07) is 60.7. The molecule has 4 heteroatoms. The Labute approximate surface area is 370 Å². The molecular formula is C59H47N3Si. The number of hydrogen-bond donors (Lipinski definition) is 0. The summed E-state index contributed by atoms with van der Waals surface area (Å²) in [5.41, 5.74) is 15.1. The van der Waals surface area contributed by atoms with E-state index in [4.69, 9.17) is 15.0 Å². The third kappa shape index (κ3) is 4.93. The Balaban J connectivity index is 0.940. The lowest BCUT2D eigenvalue weighted by Gasteiger charge is -2.61. The van der Waals surface area contributed by atoms with Crippen molar-refractivity contribution >= 4 is 40.0 Å². The Morgan fingerprint density at radius 1 is 0.444 bits per heavy atom. The van der Waals surface area contributed by atoms with Crippen molar-refractivity contribution in [2.45, 2.75) is 50.6 Å². The molecule has 302 valence electrons. The van der Waals surface area contributed by atoms with Crippen LogP contribution in [-0.4, -0.2) is 23.0 Å². The second kappa shape index (κ2) is 13.0. The molecule has 4 saturated carbocycles. The van der Waals surface area contributed by atoms with E-state index in [2.05, 4.69) is 171 Å². The molecule has 0 radical (unpaired) electrons. The van der Waals surface area contributed by atoms with Crippen LogP contribution in [0.25, 0.3) is 89.1 Å². The second-order valence-corrected chi connectivity index (χ2v) is 24.2. The fourth-order valence-electron chi connectivity index (χ4n) is 14.2. The number of benzene rings is 8. The minimum Gasteiger partial charge on any atom is -0.208 e. The molecule has 0 amide bonds. The van der Waals surface area contributed by atoms with Gasteiger partial charge in [-0.15, -0.1) is 0 Å². The van der Waals surface area contributed by atoms with E-state index in [-0.39, 0.29) is 5.41 Å². The molecule has 3 nitrogen and oxygen atoms in total. The highest BCUT2D eigenvalue weighted by Crippen LogP contribution is 2.70. The lowest BCUT2D eigenvalue weighted by Crippen LogP contribution is -2.59. The lowest BCUT2D eigenvalue weighted by atomic mass is 9.43. The van der Waals surface area contributed by atoms with Gasteiger partial charge in [-0.1, -0.05) is 171 Å². The van der Waals surface area contributed by atoms with E-state index in [0.29, 0.717) is 29.3 Å². The summed E-state index contributed by atoms with van der Waals surface area (Å²) >= 11 is 0. The first-order valence-electron chi connectivity index (χ1n) is 23.2. The van der Waals surface area contributed by atoms with E-state index in [1.807, 2.05) is 6.07 Å². The van der Waals surface area contributed by atoms with Crippen LogP contribution in [0.2, 0.25) is 13.1 Å². The molecule has 4 fully saturated rings. The van der Waals surface area contributed by atoms with Crippen LogP contribution in [0.4, 0.5) is 0 Å². The molecule has 0 atom stereocenters. The molecule has 63 heavy (non-hydrogen) atoms. The van der Waals surface area contributed by atoms with Crippen molar-refractivity contribution in [3.05, 3.63) is 175 Å². The average Bonchev–Trinajstić information content (AvgIpc) is 3.76. The molecule has 0 N–H and O–H groups in total. The third-order valence-corrected chi connectivity index (χ3v) is 20.0. The smallest absolute Gasteiger partial charge is 0.164 e. The van der Waals surface area contributed by atoms with Gasteiger partial charge < -0.3 is 0 Å². The van der Waals surface area contributed by atoms with E-state index in [9.17, 15) is 0 Å². The molecule has 0 unspecified atom stereocenters. The number of aromatic nitrogens is 3.